The smallest absolute Gasteiger partial charge is 0.274 e. The molecule has 1 unspecified atom stereocenters. The first-order chi connectivity index (χ1) is 9.45. The van der Waals surface area contributed by atoms with Crippen LogP contribution in [0.4, 0.5) is 5.69 Å². The number of likely N-dealkylation sites (N-methyl/N-ethyl adjacent to an activating group) is 1. The van der Waals surface area contributed by atoms with Crippen molar-refractivity contribution in [1.29, 1.82) is 0 Å². The van der Waals surface area contributed by atoms with Gasteiger partial charge < -0.3 is 15.5 Å². The number of nitrogen functional groups attached to an aromatic ring is 1. The van der Waals surface area contributed by atoms with Gasteiger partial charge in [0.15, 0.2) is 0 Å². The summed E-state index contributed by atoms with van der Waals surface area (Å²) in [5.41, 5.74) is 7.84. The molecule has 1 aromatic heterocycles. The molecule has 1 atom stereocenters. The summed E-state index contributed by atoms with van der Waals surface area (Å²) in [6, 6.07) is 0.424. The highest BCUT2D eigenvalue weighted by atomic mass is 16.2. The van der Waals surface area contributed by atoms with E-state index < -0.39 is 0 Å². The molecule has 0 aliphatic carbocycles. The van der Waals surface area contributed by atoms with E-state index in [9.17, 15) is 4.79 Å². The molecule has 2 rings (SSSR count). The Balaban J connectivity index is 2.23. The second kappa shape index (κ2) is 5.83. The lowest BCUT2D eigenvalue weighted by atomic mass is 10.0. The molecule has 0 spiro atoms. The van der Waals surface area contributed by atoms with Gasteiger partial charge in [0.25, 0.3) is 5.91 Å². The molecule has 1 aliphatic rings. The maximum atomic E-state index is 12.7. The highest BCUT2D eigenvalue weighted by Crippen LogP contribution is 2.21. The number of piperidine rings is 1. The fraction of sp³-hybridized carbons (Fsp3) is 0.714. The van der Waals surface area contributed by atoms with E-state index in [2.05, 4.69) is 24.1 Å². The van der Waals surface area contributed by atoms with Crippen LogP contribution in [0.5, 0.6) is 0 Å². The van der Waals surface area contributed by atoms with Gasteiger partial charge in [0, 0.05) is 25.7 Å². The van der Waals surface area contributed by atoms with Gasteiger partial charge >= 0.3 is 0 Å². The maximum absolute atomic E-state index is 12.7. The Morgan fingerprint density at radius 3 is 2.80 bits per heavy atom. The van der Waals surface area contributed by atoms with Crippen LogP contribution >= 0.6 is 0 Å². The van der Waals surface area contributed by atoms with E-state index in [4.69, 9.17) is 5.73 Å². The molecule has 0 radical (unpaired) electrons. The van der Waals surface area contributed by atoms with Crippen molar-refractivity contribution in [3.63, 3.8) is 0 Å². The number of aromatic nitrogens is 2. The quantitative estimate of drug-likeness (QED) is 0.895. The minimum Gasteiger partial charge on any atom is -0.395 e. The Morgan fingerprint density at radius 2 is 2.20 bits per heavy atom. The fourth-order valence-corrected chi connectivity index (χ4v) is 2.76. The Labute approximate surface area is 120 Å². The lowest BCUT2D eigenvalue weighted by Crippen LogP contribution is -2.48. The van der Waals surface area contributed by atoms with Crippen LogP contribution in [0.15, 0.2) is 0 Å². The minimum atomic E-state index is 0.0106. The van der Waals surface area contributed by atoms with Crippen molar-refractivity contribution in [2.45, 2.75) is 39.3 Å². The predicted molar refractivity (Wildman–Crippen MR) is 79.7 cm³/mol. The van der Waals surface area contributed by atoms with Gasteiger partial charge in [-0.05, 0) is 40.8 Å². The Morgan fingerprint density at radius 1 is 1.50 bits per heavy atom. The second-order valence-corrected chi connectivity index (χ2v) is 5.67. The van der Waals surface area contributed by atoms with E-state index in [1.54, 1.807) is 4.68 Å². The third-order valence-corrected chi connectivity index (χ3v) is 4.09. The number of rotatable bonds is 3. The molecule has 0 bridgehead atoms. The number of anilines is 1. The molecule has 6 heteroatoms. The summed E-state index contributed by atoms with van der Waals surface area (Å²) in [7, 11) is 4.13. The van der Waals surface area contributed by atoms with E-state index in [1.807, 2.05) is 18.7 Å². The highest BCUT2D eigenvalue weighted by molar-refractivity contribution is 5.98. The Kier molecular flexibility index (Phi) is 4.32. The predicted octanol–water partition coefficient (Wildman–Crippen LogP) is 0.960. The van der Waals surface area contributed by atoms with E-state index in [-0.39, 0.29) is 5.91 Å². The summed E-state index contributed by atoms with van der Waals surface area (Å²) >= 11 is 0. The lowest BCUT2D eigenvalue weighted by molar-refractivity contribution is 0.0624. The van der Waals surface area contributed by atoms with Crippen LogP contribution in [0.25, 0.3) is 0 Å². The van der Waals surface area contributed by atoms with Crippen LogP contribution in [0.3, 0.4) is 0 Å². The molecule has 1 fully saturated rings. The lowest BCUT2D eigenvalue weighted by Gasteiger charge is -2.36. The van der Waals surface area contributed by atoms with E-state index in [0.29, 0.717) is 24.0 Å². The molecule has 20 heavy (non-hydrogen) atoms. The standard InChI is InChI=1S/C14H25N5O/c1-5-19-13(12(15)10(2)16-19)14(20)18-8-6-7-11(9-18)17(3)4/h11H,5-9,15H2,1-4H3. The SMILES string of the molecule is CCn1nc(C)c(N)c1C(=O)N1CCCC(N(C)C)C1. The van der Waals surface area contributed by atoms with Crippen molar-refractivity contribution >= 4 is 11.6 Å². The number of amides is 1. The summed E-state index contributed by atoms with van der Waals surface area (Å²) in [4.78, 5) is 16.8. The van der Waals surface area contributed by atoms with Crippen LogP contribution in [0.1, 0.15) is 35.9 Å². The van der Waals surface area contributed by atoms with Crippen molar-refractivity contribution < 1.29 is 4.79 Å². The van der Waals surface area contributed by atoms with Crippen molar-refractivity contribution in [2.24, 2.45) is 0 Å². The molecule has 6 nitrogen and oxygen atoms in total. The Bertz CT molecular complexity index is 494. The number of nitrogens with two attached hydrogens (primary N) is 1. The van der Waals surface area contributed by atoms with Gasteiger partial charge in [0.05, 0.1) is 11.4 Å². The van der Waals surface area contributed by atoms with Gasteiger partial charge in [-0.25, -0.2) is 0 Å². The summed E-state index contributed by atoms with van der Waals surface area (Å²) < 4.78 is 1.71. The molecule has 112 valence electrons. The number of nitrogens with zero attached hydrogens (tertiary/aromatic N) is 4. The van der Waals surface area contributed by atoms with Gasteiger partial charge in [-0.15, -0.1) is 0 Å². The van der Waals surface area contributed by atoms with Gasteiger partial charge in [-0.1, -0.05) is 0 Å². The van der Waals surface area contributed by atoms with Crippen molar-refractivity contribution in [1.82, 2.24) is 19.6 Å². The van der Waals surface area contributed by atoms with Crippen molar-refractivity contribution in [2.75, 3.05) is 32.9 Å². The molecule has 0 saturated carbocycles. The molecule has 1 aromatic rings. The van der Waals surface area contributed by atoms with Crippen LogP contribution in [0, 0.1) is 6.92 Å². The first-order valence-corrected chi connectivity index (χ1v) is 7.24. The monoisotopic (exact) mass is 279 g/mol. The molecule has 1 amide bonds. The number of carbonyl (C=O) groups excluding carboxylic acids is 1. The van der Waals surface area contributed by atoms with Gasteiger partial charge in [0.2, 0.25) is 0 Å². The van der Waals surface area contributed by atoms with Gasteiger partial charge in [-0.2, -0.15) is 5.10 Å². The van der Waals surface area contributed by atoms with Gasteiger partial charge in [0.1, 0.15) is 5.69 Å². The summed E-state index contributed by atoms with van der Waals surface area (Å²) in [5.74, 6) is 0.0106. The van der Waals surface area contributed by atoms with Crippen molar-refractivity contribution in [3.8, 4) is 0 Å². The van der Waals surface area contributed by atoms with E-state index >= 15 is 0 Å². The molecular formula is C14H25N5O. The van der Waals surface area contributed by atoms with Crippen LogP contribution in [-0.4, -0.2) is 58.7 Å². The van der Waals surface area contributed by atoms with E-state index in [0.717, 1.165) is 31.6 Å². The summed E-state index contributed by atoms with van der Waals surface area (Å²) in [5, 5.41) is 4.33. The molecule has 0 aromatic carbocycles. The number of hydrogen-bond donors (Lipinski definition) is 1. The average molecular weight is 279 g/mol. The topological polar surface area (TPSA) is 67.4 Å². The van der Waals surface area contributed by atoms with Gasteiger partial charge in [-0.3, -0.25) is 9.48 Å². The highest BCUT2D eigenvalue weighted by Gasteiger charge is 2.29. The summed E-state index contributed by atoms with van der Waals surface area (Å²) in [6.07, 6.45) is 2.17. The number of carbonyl (C=O) groups is 1. The van der Waals surface area contributed by atoms with Crippen LogP contribution in [-0.2, 0) is 6.54 Å². The zero-order valence-electron chi connectivity index (χ0n) is 12.9. The molecule has 2 N–H and O–H groups in total. The maximum Gasteiger partial charge on any atom is 0.274 e. The minimum absolute atomic E-state index is 0.0106. The molecule has 2 heterocycles. The number of aryl methyl sites for hydroxylation is 2. The first-order valence-electron chi connectivity index (χ1n) is 7.24. The first kappa shape index (κ1) is 14.8. The molecule has 1 aliphatic heterocycles. The zero-order valence-corrected chi connectivity index (χ0v) is 12.9. The molecular weight excluding hydrogens is 254 g/mol. The third-order valence-electron chi connectivity index (χ3n) is 4.09. The van der Waals surface area contributed by atoms with Crippen molar-refractivity contribution in [3.05, 3.63) is 11.4 Å². The number of hydrogen-bond acceptors (Lipinski definition) is 4. The average Bonchev–Trinajstić information content (AvgIpc) is 2.73. The number of likely N-dealkylation sites (tertiary alicyclic amines) is 1. The third kappa shape index (κ3) is 2.65. The van der Waals surface area contributed by atoms with Crippen LogP contribution in [0.2, 0.25) is 0 Å². The molecule has 1 saturated heterocycles. The second-order valence-electron chi connectivity index (χ2n) is 5.67. The fourth-order valence-electron chi connectivity index (χ4n) is 2.76. The van der Waals surface area contributed by atoms with E-state index in [1.165, 1.54) is 0 Å². The largest absolute Gasteiger partial charge is 0.395 e. The normalized spacial score (nSPS) is 19.6. The van der Waals surface area contributed by atoms with Crippen LogP contribution < -0.4 is 5.73 Å². The zero-order chi connectivity index (χ0) is 14.9. The Hall–Kier alpha value is -1.56. The summed E-state index contributed by atoms with van der Waals surface area (Å²) in [6.45, 7) is 6.04.